The van der Waals surface area contributed by atoms with Crippen molar-refractivity contribution in [2.75, 3.05) is 0 Å². The summed E-state index contributed by atoms with van der Waals surface area (Å²) in [6, 6.07) is 7.46. The molecule has 0 saturated carbocycles. The van der Waals surface area contributed by atoms with Crippen molar-refractivity contribution in [1.82, 2.24) is 15.1 Å². The second-order valence-corrected chi connectivity index (χ2v) is 4.16. The quantitative estimate of drug-likeness (QED) is 0.786. The van der Waals surface area contributed by atoms with Gasteiger partial charge in [-0.05, 0) is 12.1 Å². The zero-order valence-electron chi connectivity index (χ0n) is 8.46. The van der Waals surface area contributed by atoms with Gasteiger partial charge in [0.1, 0.15) is 0 Å². The fourth-order valence-corrected chi connectivity index (χ4v) is 2.24. The zero-order valence-corrected chi connectivity index (χ0v) is 9.21. The molecule has 2 aromatic rings. The summed E-state index contributed by atoms with van der Waals surface area (Å²) in [5, 5.41) is 6.59. The Morgan fingerprint density at radius 2 is 2.06 bits per heavy atom. The van der Waals surface area contributed by atoms with E-state index in [0.29, 0.717) is 18.1 Å². The summed E-state index contributed by atoms with van der Waals surface area (Å²) >= 11 is 6.11. The number of hydrogen-bond donors (Lipinski definition) is 2. The van der Waals surface area contributed by atoms with Crippen LogP contribution in [0.2, 0.25) is 5.02 Å². The van der Waals surface area contributed by atoms with E-state index >= 15 is 0 Å². The second-order valence-electron chi connectivity index (χ2n) is 3.76. The van der Waals surface area contributed by atoms with E-state index in [1.165, 1.54) is 0 Å². The standard InChI is InChI=1S/C11H10ClN3O/c12-8-3-1-2-4-9(8)15-10-6-13-5-7(10)11(16)14-15/h1-4,13H,5-6H2,(H,14,16). The molecule has 82 valence electrons. The fraction of sp³-hybridized carbons (Fsp3) is 0.182. The smallest absolute Gasteiger partial charge is 0.269 e. The van der Waals surface area contributed by atoms with Crippen molar-refractivity contribution in [2.45, 2.75) is 13.1 Å². The molecule has 4 nitrogen and oxygen atoms in total. The summed E-state index contributed by atoms with van der Waals surface area (Å²) in [6.07, 6.45) is 0. The van der Waals surface area contributed by atoms with Crippen LogP contribution in [-0.2, 0) is 13.1 Å². The van der Waals surface area contributed by atoms with Gasteiger partial charge in [-0.3, -0.25) is 14.6 Å². The van der Waals surface area contributed by atoms with Crippen molar-refractivity contribution in [2.24, 2.45) is 0 Å². The van der Waals surface area contributed by atoms with Gasteiger partial charge in [-0.25, -0.2) is 0 Å². The molecule has 0 spiro atoms. The maximum atomic E-state index is 11.7. The number of aromatic amines is 1. The van der Waals surface area contributed by atoms with Crippen LogP contribution >= 0.6 is 11.6 Å². The number of rotatable bonds is 1. The number of fused-ring (bicyclic) bond motifs is 1. The van der Waals surface area contributed by atoms with Gasteiger partial charge in [0.05, 0.1) is 22.0 Å². The number of aromatic nitrogens is 2. The van der Waals surface area contributed by atoms with Crippen molar-refractivity contribution in [3.05, 3.63) is 50.9 Å². The second kappa shape index (κ2) is 3.50. The molecule has 0 unspecified atom stereocenters. The third-order valence-corrected chi connectivity index (χ3v) is 3.11. The lowest BCUT2D eigenvalue weighted by molar-refractivity contribution is 0.704. The molecule has 1 aromatic carbocycles. The highest BCUT2D eigenvalue weighted by molar-refractivity contribution is 6.32. The van der Waals surface area contributed by atoms with Crippen molar-refractivity contribution < 1.29 is 0 Å². The third kappa shape index (κ3) is 1.31. The zero-order chi connectivity index (χ0) is 11.1. The lowest BCUT2D eigenvalue weighted by Crippen LogP contribution is -2.13. The number of halogens is 1. The number of benzene rings is 1. The SMILES string of the molecule is O=c1[nH]n(-c2ccccc2Cl)c2c1CNC2. The first-order valence-electron chi connectivity index (χ1n) is 5.06. The Kier molecular flexibility index (Phi) is 2.12. The Bertz CT molecular complexity index is 600. The van der Waals surface area contributed by atoms with Crippen LogP contribution < -0.4 is 10.9 Å². The minimum atomic E-state index is -0.0417. The molecule has 0 saturated heterocycles. The first-order valence-corrected chi connectivity index (χ1v) is 5.43. The predicted molar refractivity (Wildman–Crippen MR) is 61.9 cm³/mol. The Morgan fingerprint density at radius 3 is 2.88 bits per heavy atom. The normalized spacial score (nSPS) is 14.1. The maximum Gasteiger partial charge on any atom is 0.269 e. The summed E-state index contributed by atoms with van der Waals surface area (Å²) in [4.78, 5) is 11.7. The first-order chi connectivity index (χ1) is 7.77. The number of hydrogen-bond acceptors (Lipinski definition) is 2. The molecular weight excluding hydrogens is 226 g/mol. The summed E-state index contributed by atoms with van der Waals surface area (Å²) in [5.74, 6) is 0. The number of para-hydroxylation sites is 1. The van der Waals surface area contributed by atoms with E-state index < -0.39 is 0 Å². The van der Waals surface area contributed by atoms with E-state index in [1.807, 2.05) is 24.3 Å². The van der Waals surface area contributed by atoms with Crippen LogP contribution in [-0.4, -0.2) is 9.78 Å². The molecule has 3 rings (SSSR count). The van der Waals surface area contributed by atoms with E-state index in [2.05, 4.69) is 10.4 Å². The Morgan fingerprint density at radius 1 is 1.25 bits per heavy atom. The van der Waals surface area contributed by atoms with Crippen LogP contribution in [0.1, 0.15) is 11.3 Å². The number of nitrogens with one attached hydrogen (secondary N) is 2. The molecule has 1 aromatic heterocycles. The average molecular weight is 236 g/mol. The van der Waals surface area contributed by atoms with E-state index in [9.17, 15) is 4.79 Å². The molecule has 0 bridgehead atoms. The Balaban J connectivity index is 2.25. The fourth-order valence-electron chi connectivity index (χ4n) is 2.02. The molecule has 0 amide bonds. The minimum absolute atomic E-state index is 0.0417. The van der Waals surface area contributed by atoms with Gasteiger partial charge in [-0.2, -0.15) is 0 Å². The highest BCUT2D eigenvalue weighted by Crippen LogP contribution is 2.22. The van der Waals surface area contributed by atoms with Crippen LogP contribution in [0.15, 0.2) is 29.1 Å². The van der Waals surface area contributed by atoms with Crippen LogP contribution in [0, 0.1) is 0 Å². The van der Waals surface area contributed by atoms with Gasteiger partial charge in [-0.1, -0.05) is 23.7 Å². The Hall–Kier alpha value is -1.52. The van der Waals surface area contributed by atoms with E-state index in [-0.39, 0.29) is 5.56 Å². The van der Waals surface area contributed by atoms with Gasteiger partial charge in [0.25, 0.3) is 5.56 Å². The van der Waals surface area contributed by atoms with Crippen molar-refractivity contribution in [3.8, 4) is 5.69 Å². The number of H-pyrrole nitrogens is 1. The van der Waals surface area contributed by atoms with Crippen LogP contribution in [0.3, 0.4) is 0 Å². The maximum absolute atomic E-state index is 11.7. The van der Waals surface area contributed by atoms with Gasteiger partial charge in [-0.15, -0.1) is 0 Å². The van der Waals surface area contributed by atoms with Crippen molar-refractivity contribution in [1.29, 1.82) is 0 Å². The van der Waals surface area contributed by atoms with Gasteiger partial charge in [0, 0.05) is 13.1 Å². The molecule has 1 aliphatic heterocycles. The number of nitrogens with zero attached hydrogens (tertiary/aromatic N) is 1. The van der Waals surface area contributed by atoms with E-state index in [0.717, 1.165) is 16.9 Å². The lowest BCUT2D eigenvalue weighted by atomic mass is 10.2. The summed E-state index contributed by atoms with van der Waals surface area (Å²) < 4.78 is 1.76. The molecular formula is C11H10ClN3O. The molecule has 1 aliphatic rings. The molecule has 2 N–H and O–H groups in total. The van der Waals surface area contributed by atoms with Crippen molar-refractivity contribution >= 4 is 11.6 Å². The predicted octanol–water partition coefficient (Wildman–Crippen LogP) is 1.42. The minimum Gasteiger partial charge on any atom is -0.307 e. The van der Waals surface area contributed by atoms with Crippen LogP contribution in [0.25, 0.3) is 5.69 Å². The average Bonchev–Trinajstić information content (AvgIpc) is 2.84. The molecule has 2 heterocycles. The van der Waals surface area contributed by atoms with Gasteiger partial charge in [0.2, 0.25) is 0 Å². The molecule has 5 heteroatoms. The largest absolute Gasteiger partial charge is 0.307 e. The van der Waals surface area contributed by atoms with E-state index in [4.69, 9.17) is 11.6 Å². The molecule has 16 heavy (non-hydrogen) atoms. The molecule has 0 fully saturated rings. The van der Waals surface area contributed by atoms with Crippen molar-refractivity contribution in [3.63, 3.8) is 0 Å². The Labute approximate surface area is 96.8 Å². The summed E-state index contributed by atoms with van der Waals surface area (Å²) in [5.41, 5.74) is 2.55. The monoisotopic (exact) mass is 235 g/mol. The molecule has 0 radical (unpaired) electrons. The molecule has 0 atom stereocenters. The van der Waals surface area contributed by atoms with Crippen LogP contribution in [0.4, 0.5) is 0 Å². The highest BCUT2D eigenvalue weighted by Gasteiger charge is 2.20. The highest BCUT2D eigenvalue weighted by atomic mass is 35.5. The van der Waals surface area contributed by atoms with Gasteiger partial charge >= 0.3 is 0 Å². The van der Waals surface area contributed by atoms with E-state index in [1.54, 1.807) is 4.68 Å². The summed E-state index contributed by atoms with van der Waals surface area (Å²) in [6.45, 7) is 1.32. The van der Waals surface area contributed by atoms with Crippen LogP contribution in [0.5, 0.6) is 0 Å². The summed E-state index contributed by atoms with van der Waals surface area (Å²) in [7, 11) is 0. The molecule has 0 aliphatic carbocycles. The first kappa shape index (κ1) is 9.69. The third-order valence-electron chi connectivity index (χ3n) is 2.79. The lowest BCUT2D eigenvalue weighted by Gasteiger charge is -2.07. The topological polar surface area (TPSA) is 49.8 Å². The van der Waals surface area contributed by atoms with Gasteiger partial charge in [0.15, 0.2) is 0 Å². The van der Waals surface area contributed by atoms with Gasteiger partial charge < -0.3 is 5.32 Å².